The molecule has 9 heavy (non-hydrogen) atoms. The number of hydrogen-bond acceptors (Lipinski definition) is 2. The largest absolute Gasteiger partial charge is 0.391 e. The van der Waals surface area contributed by atoms with E-state index in [-0.39, 0.29) is 0 Å². The molecular formula is C5H9F2NO. The van der Waals surface area contributed by atoms with Crippen LogP contribution in [0.25, 0.3) is 0 Å². The summed E-state index contributed by atoms with van der Waals surface area (Å²) in [6.07, 6.45) is -2.86. The van der Waals surface area contributed by atoms with Crippen LogP contribution in [-0.4, -0.2) is 30.2 Å². The molecule has 2 unspecified atom stereocenters. The summed E-state index contributed by atoms with van der Waals surface area (Å²) in [4.78, 5) is 0. The third-order valence-electron chi connectivity index (χ3n) is 1.51. The lowest BCUT2D eigenvalue weighted by atomic mass is 10.2. The molecule has 1 fully saturated rings. The van der Waals surface area contributed by atoms with E-state index in [1.807, 2.05) is 0 Å². The Morgan fingerprint density at radius 3 is 2.44 bits per heavy atom. The van der Waals surface area contributed by atoms with E-state index in [1.165, 1.54) is 0 Å². The second kappa shape index (κ2) is 2.58. The highest BCUT2D eigenvalue weighted by molar-refractivity contribution is 4.84. The lowest BCUT2D eigenvalue weighted by Gasteiger charge is -2.11. The molecule has 0 spiro atoms. The third kappa shape index (κ3) is 1.37. The first-order valence-corrected chi connectivity index (χ1v) is 2.91. The minimum atomic E-state index is -2.44. The van der Waals surface area contributed by atoms with E-state index in [1.54, 1.807) is 0 Å². The molecule has 1 aliphatic rings. The van der Waals surface area contributed by atoms with Gasteiger partial charge in [-0.2, -0.15) is 0 Å². The molecule has 0 radical (unpaired) electrons. The maximum absolute atomic E-state index is 11.8. The van der Waals surface area contributed by atoms with Gasteiger partial charge in [-0.05, 0) is 13.0 Å². The third-order valence-corrected chi connectivity index (χ3v) is 1.51. The standard InChI is InChI=1S/C5H9F2NO/c6-5(7)4-3(9)1-2-8-4/h3-5,8-9H,1-2H2. The minimum absolute atomic E-state index is 0.439. The van der Waals surface area contributed by atoms with Gasteiger partial charge >= 0.3 is 0 Å². The molecule has 0 aromatic heterocycles. The van der Waals surface area contributed by atoms with Crippen molar-refractivity contribution in [3.05, 3.63) is 0 Å². The molecule has 2 atom stereocenters. The predicted octanol–water partition coefficient (Wildman–Crippen LogP) is -0.0257. The molecule has 2 N–H and O–H groups in total. The van der Waals surface area contributed by atoms with Gasteiger partial charge in [-0.15, -0.1) is 0 Å². The summed E-state index contributed by atoms with van der Waals surface area (Å²) in [7, 11) is 0. The van der Waals surface area contributed by atoms with Crippen molar-refractivity contribution >= 4 is 0 Å². The quantitative estimate of drug-likeness (QED) is 0.532. The number of halogens is 2. The Balaban J connectivity index is 2.40. The molecular weight excluding hydrogens is 128 g/mol. The molecule has 0 saturated carbocycles. The van der Waals surface area contributed by atoms with Gasteiger partial charge in [0.05, 0.1) is 12.1 Å². The molecule has 1 aliphatic heterocycles. The SMILES string of the molecule is OC1CCNC1C(F)F. The lowest BCUT2D eigenvalue weighted by Crippen LogP contribution is -2.36. The minimum Gasteiger partial charge on any atom is -0.391 e. The topological polar surface area (TPSA) is 32.3 Å². The van der Waals surface area contributed by atoms with Crippen molar-refractivity contribution in [3.63, 3.8) is 0 Å². The van der Waals surface area contributed by atoms with Crippen LogP contribution in [0.4, 0.5) is 8.78 Å². The van der Waals surface area contributed by atoms with Crippen LogP contribution in [0.2, 0.25) is 0 Å². The van der Waals surface area contributed by atoms with Crippen molar-refractivity contribution in [2.24, 2.45) is 0 Å². The van der Waals surface area contributed by atoms with Crippen LogP contribution >= 0.6 is 0 Å². The van der Waals surface area contributed by atoms with E-state index in [4.69, 9.17) is 5.11 Å². The van der Waals surface area contributed by atoms with Crippen molar-refractivity contribution in [2.75, 3.05) is 6.54 Å². The first-order chi connectivity index (χ1) is 4.22. The first-order valence-electron chi connectivity index (χ1n) is 2.91. The Hall–Kier alpha value is -0.220. The smallest absolute Gasteiger partial charge is 0.256 e. The van der Waals surface area contributed by atoms with Crippen molar-refractivity contribution in [1.82, 2.24) is 5.32 Å². The highest BCUT2D eigenvalue weighted by Crippen LogP contribution is 2.13. The molecule has 0 bridgehead atoms. The number of rotatable bonds is 1. The van der Waals surface area contributed by atoms with E-state index < -0.39 is 18.6 Å². The summed E-state index contributed by atoms with van der Waals surface area (Å²) in [5.74, 6) is 0. The normalized spacial score (nSPS) is 36.0. The zero-order valence-electron chi connectivity index (χ0n) is 4.85. The highest BCUT2D eigenvalue weighted by atomic mass is 19.3. The van der Waals surface area contributed by atoms with Gasteiger partial charge in [-0.1, -0.05) is 0 Å². The predicted molar refractivity (Wildman–Crippen MR) is 28.4 cm³/mol. The van der Waals surface area contributed by atoms with E-state index in [2.05, 4.69) is 5.32 Å². The second-order valence-corrected chi connectivity index (χ2v) is 2.17. The maximum atomic E-state index is 11.8. The lowest BCUT2D eigenvalue weighted by molar-refractivity contribution is 0.0422. The number of alkyl halides is 2. The monoisotopic (exact) mass is 137 g/mol. The Bertz CT molecular complexity index is 99.0. The van der Waals surface area contributed by atoms with Gasteiger partial charge in [-0.3, -0.25) is 0 Å². The Morgan fingerprint density at radius 1 is 1.56 bits per heavy atom. The first kappa shape index (κ1) is 6.89. The molecule has 0 amide bonds. The maximum Gasteiger partial charge on any atom is 0.256 e. The highest BCUT2D eigenvalue weighted by Gasteiger charge is 2.31. The molecule has 4 heteroatoms. The van der Waals surface area contributed by atoms with E-state index in [0.717, 1.165) is 0 Å². The van der Waals surface area contributed by atoms with Crippen molar-refractivity contribution < 1.29 is 13.9 Å². The van der Waals surface area contributed by atoms with Crippen LogP contribution in [0.3, 0.4) is 0 Å². The molecule has 1 rings (SSSR count). The van der Waals surface area contributed by atoms with Crippen molar-refractivity contribution in [3.8, 4) is 0 Å². The summed E-state index contributed by atoms with van der Waals surface area (Å²) in [5, 5.41) is 11.3. The van der Waals surface area contributed by atoms with Gasteiger partial charge in [0.25, 0.3) is 6.43 Å². The number of hydrogen-bond donors (Lipinski definition) is 2. The zero-order chi connectivity index (χ0) is 6.85. The van der Waals surface area contributed by atoms with Crippen LogP contribution in [0.5, 0.6) is 0 Å². The zero-order valence-corrected chi connectivity index (χ0v) is 4.85. The fourth-order valence-electron chi connectivity index (χ4n) is 0.970. The molecule has 0 aromatic carbocycles. The Morgan fingerprint density at radius 2 is 2.22 bits per heavy atom. The van der Waals surface area contributed by atoms with Crippen LogP contribution in [-0.2, 0) is 0 Å². The number of nitrogens with one attached hydrogen (secondary N) is 1. The molecule has 0 aromatic rings. The average molecular weight is 137 g/mol. The summed E-state index contributed by atoms with van der Waals surface area (Å²) >= 11 is 0. The molecule has 0 aliphatic carbocycles. The fraction of sp³-hybridized carbons (Fsp3) is 1.00. The van der Waals surface area contributed by atoms with Crippen molar-refractivity contribution in [2.45, 2.75) is 25.0 Å². The van der Waals surface area contributed by atoms with Crippen LogP contribution in [0.1, 0.15) is 6.42 Å². The Kier molecular flexibility index (Phi) is 1.97. The molecule has 54 valence electrons. The molecule has 1 saturated heterocycles. The van der Waals surface area contributed by atoms with Gasteiger partial charge in [0.15, 0.2) is 0 Å². The van der Waals surface area contributed by atoms with Gasteiger partial charge < -0.3 is 10.4 Å². The van der Waals surface area contributed by atoms with Crippen molar-refractivity contribution in [1.29, 1.82) is 0 Å². The molecule has 1 heterocycles. The average Bonchev–Trinajstić information content (AvgIpc) is 2.13. The van der Waals surface area contributed by atoms with Gasteiger partial charge in [0.1, 0.15) is 0 Å². The van der Waals surface area contributed by atoms with Gasteiger partial charge in [0, 0.05) is 0 Å². The van der Waals surface area contributed by atoms with Gasteiger partial charge in [0.2, 0.25) is 0 Å². The second-order valence-electron chi connectivity index (χ2n) is 2.17. The fourth-order valence-corrected chi connectivity index (χ4v) is 0.970. The van der Waals surface area contributed by atoms with Crippen LogP contribution < -0.4 is 5.32 Å². The van der Waals surface area contributed by atoms with E-state index in [9.17, 15) is 8.78 Å². The van der Waals surface area contributed by atoms with E-state index in [0.29, 0.717) is 13.0 Å². The Labute approximate surface area is 51.9 Å². The molecule has 2 nitrogen and oxygen atoms in total. The summed E-state index contributed by atoms with van der Waals surface area (Å²) in [6, 6.07) is -0.995. The van der Waals surface area contributed by atoms with E-state index >= 15 is 0 Å². The number of aliphatic hydroxyl groups is 1. The van der Waals surface area contributed by atoms with Gasteiger partial charge in [-0.25, -0.2) is 8.78 Å². The summed E-state index contributed by atoms with van der Waals surface area (Å²) in [6.45, 7) is 0.496. The summed E-state index contributed by atoms with van der Waals surface area (Å²) < 4.78 is 23.5. The number of aliphatic hydroxyl groups excluding tert-OH is 1. The van der Waals surface area contributed by atoms with Crippen LogP contribution in [0, 0.1) is 0 Å². The summed E-state index contributed by atoms with van der Waals surface area (Å²) in [5.41, 5.74) is 0. The van der Waals surface area contributed by atoms with Crippen LogP contribution in [0.15, 0.2) is 0 Å².